The highest BCUT2D eigenvalue weighted by molar-refractivity contribution is 7.81. The fourth-order valence-electron chi connectivity index (χ4n) is 2.04. The molecule has 2 N–H and O–H groups in total. The summed E-state index contributed by atoms with van der Waals surface area (Å²) in [5.74, 6) is 0. The van der Waals surface area contributed by atoms with Crippen molar-refractivity contribution in [2.24, 2.45) is 0 Å². The standard InChI is InChI=1S/C12H18N2S/c1-13-7-9-2-4-10(5-3-9)12-6-11(15)8-14-12/h2-5,11-15H,6-8H2,1H3/t11-,12+/m0/s1. The molecule has 1 aromatic rings. The van der Waals surface area contributed by atoms with Gasteiger partial charge in [0.05, 0.1) is 0 Å². The van der Waals surface area contributed by atoms with Gasteiger partial charge in [-0.3, -0.25) is 0 Å². The summed E-state index contributed by atoms with van der Waals surface area (Å²) >= 11 is 4.48. The minimum atomic E-state index is 0.496. The van der Waals surface area contributed by atoms with Crippen LogP contribution in [-0.2, 0) is 6.54 Å². The first-order valence-corrected chi connectivity index (χ1v) is 5.96. The number of hydrogen-bond donors (Lipinski definition) is 3. The van der Waals surface area contributed by atoms with Crippen molar-refractivity contribution < 1.29 is 0 Å². The summed E-state index contributed by atoms with van der Waals surface area (Å²) < 4.78 is 0. The van der Waals surface area contributed by atoms with E-state index in [0.717, 1.165) is 19.5 Å². The Hall–Kier alpha value is -0.510. The molecule has 0 saturated carbocycles. The van der Waals surface area contributed by atoms with Crippen LogP contribution in [0, 0.1) is 0 Å². The van der Waals surface area contributed by atoms with Gasteiger partial charge in [-0.1, -0.05) is 24.3 Å². The molecule has 3 heteroatoms. The number of benzene rings is 1. The van der Waals surface area contributed by atoms with Crippen molar-refractivity contribution in [3.63, 3.8) is 0 Å². The molecule has 82 valence electrons. The minimum Gasteiger partial charge on any atom is -0.316 e. The summed E-state index contributed by atoms with van der Waals surface area (Å²) in [5, 5.41) is 7.14. The highest BCUT2D eigenvalue weighted by Crippen LogP contribution is 2.25. The molecule has 0 radical (unpaired) electrons. The molecule has 0 spiro atoms. The van der Waals surface area contributed by atoms with Gasteiger partial charge in [0, 0.05) is 24.4 Å². The number of hydrogen-bond acceptors (Lipinski definition) is 3. The topological polar surface area (TPSA) is 24.1 Å². The lowest BCUT2D eigenvalue weighted by Crippen LogP contribution is -2.13. The average molecular weight is 222 g/mol. The van der Waals surface area contributed by atoms with E-state index in [1.807, 2.05) is 7.05 Å². The van der Waals surface area contributed by atoms with Gasteiger partial charge in [0.1, 0.15) is 0 Å². The molecule has 2 nitrogen and oxygen atoms in total. The third-order valence-electron chi connectivity index (χ3n) is 2.87. The Kier molecular flexibility index (Phi) is 3.67. The summed E-state index contributed by atoms with van der Waals surface area (Å²) in [5.41, 5.74) is 2.72. The number of nitrogens with one attached hydrogen (secondary N) is 2. The first-order chi connectivity index (χ1) is 7.29. The Morgan fingerprint density at radius 1 is 1.40 bits per heavy atom. The van der Waals surface area contributed by atoms with Crippen LogP contribution in [0.15, 0.2) is 24.3 Å². The van der Waals surface area contributed by atoms with E-state index >= 15 is 0 Å². The van der Waals surface area contributed by atoms with Crippen molar-refractivity contribution in [1.29, 1.82) is 0 Å². The van der Waals surface area contributed by atoms with E-state index in [-0.39, 0.29) is 0 Å². The second kappa shape index (κ2) is 5.01. The Morgan fingerprint density at radius 3 is 2.67 bits per heavy atom. The highest BCUT2D eigenvalue weighted by Gasteiger charge is 2.22. The van der Waals surface area contributed by atoms with Gasteiger partial charge in [-0.25, -0.2) is 0 Å². The SMILES string of the molecule is CNCc1ccc([C@H]2C[C@H](S)CN2)cc1. The Balaban J connectivity index is 2.03. The quantitative estimate of drug-likeness (QED) is 0.679. The van der Waals surface area contributed by atoms with Gasteiger partial charge < -0.3 is 10.6 Å². The Bertz CT molecular complexity index is 310. The van der Waals surface area contributed by atoms with Crippen LogP contribution in [0.4, 0.5) is 0 Å². The molecule has 1 aliphatic rings. The molecule has 0 bridgehead atoms. The molecular weight excluding hydrogens is 204 g/mol. The first-order valence-electron chi connectivity index (χ1n) is 5.44. The average Bonchev–Trinajstić information content (AvgIpc) is 2.67. The molecular formula is C12H18N2S. The van der Waals surface area contributed by atoms with Crippen molar-refractivity contribution >= 4 is 12.6 Å². The third kappa shape index (κ3) is 2.74. The first kappa shape index (κ1) is 11.0. The molecule has 1 fully saturated rings. The van der Waals surface area contributed by atoms with E-state index in [1.54, 1.807) is 0 Å². The van der Waals surface area contributed by atoms with Gasteiger partial charge in [-0.05, 0) is 24.6 Å². The molecule has 2 atom stereocenters. The van der Waals surface area contributed by atoms with Gasteiger partial charge in [0.15, 0.2) is 0 Å². The van der Waals surface area contributed by atoms with E-state index in [2.05, 4.69) is 47.5 Å². The monoisotopic (exact) mass is 222 g/mol. The zero-order valence-electron chi connectivity index (χ0n) is 9.03. The van der Waals surface area contributed by atoms with Crippen LogP contribution in [0.1, 0.15) is 23.6 Å². The van der Waals surface area contributed by atoms with E-state index in [9.17, 15) is 0 Å². The van der Waals surface area contributed by atoms with Crippen LogP contribution < -0.4 is 10.6 Å². The lowest BCUT2D eigenvalue weighted by atomic mass is 10.0. The molecule has 0 aromatic heterocycles. The predicted octanol–water partition coefficient (Wildman–Crippen LogP) is 1.74. The van der Waals surface area contributed by atoms with Crippen LogP contribution >= 0.6 is 12.6 Å². The second-order valence-electron chi connectivity index (χ2n) is 4.12. The summed E-state index contributed by atoms with van der Waals surface area (Å²) in [6.07, 6.45) is 1.13. The van der Waals surface area contributed by atoms with Crippen LogP contribution in [0.2, 0.25) is 0 Å². The van der Waals surface area contributed by atoms with Crippen molar-refractivity contribution in [2.45, 2.75) is 24.3 Å². The van der Waals surface area contributed by atoms with Crippen LogP contribution in [0.25, 0.3) is 0 Å². The summed E-state index contributed by atoms with van der Waals surface area (Å²) in [4.78, 5) is 0. The molecule has 2 rings (SSSR count). The van der Waals surface area contributed by atoms with Crippen molar-refractivity contribution in [1.82, 2.24) is 10.6 Å². The van der Waals surface area contributed by atoms with E-state index in [0.29, 0.717) is 11.3 Å². The van der Waals surface area contributed by atoms with Gasteiger partial charge in [-0.2, -0.15) is 12.6 Å². The second-order valence-corrected chi connectivity index (χ2v) is 4.85. The van der Waals surface area contributed by atoms with E-state index in [4.69, 9.17) is 0 Å². The normalized spacial score (nSPS) is 25.7. The van der Waals surface area contributed by atoms with Crippen molar-refractivity contribution in [2.75, 3.05) is 13.6 Å². The van der Waals surface area contributed by atoms with Crippen LogP contribution in [0.3, 0.4) is 0 Å². The largest absolute Gasteiger partial charge is 0.316 e. The van der Waals surface area contributed by atoms with Gasteiger partial charge in [0.25, 0.3) is 0 Å². The van der Waals surface area contributed by atoms with Crippen molar-refractivity contribution in [3.8, 4) is 0 Å². The lowest BCUT2D eigenvalue weighted by Gasteiger charge is -2.11. The summed E-state index contributed by atoms with van der Waals surface area (Å²) in [6, 6.07) is 9.32. The Morgan fingerprint density at radius 2 is 2.13 bits per heavy atom. The molecule has 1 saturated heterocycles. The predicted molar refractivity (Wildman–Crippen MR) is 67.3 cm³/mol. The maximum Gasteiger partial charge on any atom is 0.0331 e. The fourth-order valence-corrected chi connectivity index (χ4v) is 2.36. The molecule has 1 aliphatic heterocycles. The maximum absolute atomic E-state index is 4.48. The van der Waals surface area contributed by atoms with Crippen LogP contribution in [-0.4, -0.2) is 18.8 Å². The summed E-state index contributed by atoms with van der Waals surface area (Å²) in [6.45, 7) is 1.96. The van der Waals surface area contributed by atoms with Gasteiger partial charge >= 0.3 is 0 Å². The van der Waals surface area contributed by atoms with E-state index < -0.39 is 0 Å². The molecule has 1 heterocycles. The number of thiol groups is 1. The van der Waals surface area contributed by atoms with Gasteiger partial charge in [-0.15, -0.1) is 0 Å². The molecule has 0 unspecified atom stereocenters. The zero-order valence-corrected chi connectivity index (χ0v) is 9.93. The van der Waals surface area contributed by atoms with Crippen molar-refractivity contribution in [3.05, 3.63) is 35.4 Å². The number of rotatable bonds is 3. The van der Waals surface area contributed by atoms with Crippen LogP contribution in [0.5, 0.6) is 0 Å². The smallest absolute Gasteiger partial charge is 0.0331 e. The van der Waals surface area contributed by atoms with Gasteiger partial charge in [0.2, 0.25) is 0 Å². The summed E-state index contributed by atoms with van der Waals surface area (Å²) in [7, 11) is 1.97. The third-order valence-corrected chi connectivity index (χ3v) is 3.26. The van der Waals surface area contributed by atoms with E-state index in [1.165, 1.54) is 11.1 Å². The fraction of sp³-hybridized carbons (Fsp3) is 0.500. The molecule has 0 amide bonds. The Labute approximate surface area is 96.9 Å². The molecule has 1 aromatic carbocycles. The highest BCUT2D eigenvalue weighted by atomic mass is 32.1. The molecule has 15 heavy (non-hydrogen) atoms. The zero-order chi connectivity index (χ0) is 10.7. The minimum absolute atomic E-state index is 0.496. The molecule has 0 aliphatic carbocycles. The lowest BCUT2D eigenvalue weighted by molar-refractivity contribution is 0.647. The maximum atomic E-state index is 4.48.